The van der Waals surface area contributed by atoms with Crippen molar-refractivity contribution < 1.29 is 14.3 Å². The Bertz CT molecular complexity index is 641. The van der Waals surface area contributed by atoms with Crippen molar-refractivity contribution in [3.05, 3.63) is 41.5 Å². The average Bonchev–Trinajstić information content (AvgIpc) is 2.64. The highest BCUT2D eigenvalue weighted by Crippen LogP contribution is 2.17. The van der Waals surface area contributed by atoms with E-state index in [1.54, 1.807) is 24.3 Å². The molecule has 1 unspecified atom stereocenters. The normalized spacial score (nSPS) is 15.3. The number of carbonyl (C=O) groups is 2. The molecule has 1 aliphatic heterocycles. The van der Waals surface area contributed by atoms with Crippen LogP contribution in [0.25, 0.3) is 0 Å². The summed E-state index contributed by atoms with van der Waals surface area (Å²) in [7, 11) is 1.52. The average molecular weight is 345 g/mol. The molecule has 3 N–H and O–H groups in total. The summed E-state index contributed by atoms with van der Waals surface area (Å²) in [6.45, 7) is 6.12. The van der Waals surface area contributed by atoms with Crippen molar-refractivity contribution in [2.45, 2.75) is 26.3 Å². The van der Waals surface area contributed by atoms with Crippen LogP contribution in [-0.2, 0) is 4.79 Å². The maximum Gasteiger partial charge on any atom is 0.255 e. The first-order valence-electron chi connectivity index (χ1n) is 8.63. The van der Waals surface area contributed by atoms with E-state index in [1.807, 2.05) is 13.8 Å². The van der Waals surface area contributed by atoms with E-state index in [-0.39, 0.29) is 17.7 Å². The minimum atomic E-state index is -0.597. The van der Waals surface area contributed by atoms with Gasteiger partial charge >= 0.3 is 0 Å². The van der Waals surface area contributed by atoms with Crippen molar-refractivity contribution in [1.29, 1.82) is 0 Å². The van der Waals surface area contributed by atoms with E-state index >= 15 is 0 Å². The van der Waals surface area contributed by atoms with Gasteiger partial charge in [-0.3, -0.25) is 9.59 Å². The van der Waals surface area contributed by atoms with Gasteiger partial charge in [-0.15, -0.1) is 0 Å². The van der Waals surface area contributed by atoms with Crippen LogP contribution in [0.4, 0.5) is 0 Å². The lowest BCUT2D eigenvalue weighted by Gasteiger charge is -2.23. The summed E-state index contributed by atoms with van der Waals surface area (Å²) < 4.78 is 5.22. The Morgan fingerprint density at radius 1 is 1.28 bits per heavy atom. The van der Waals surface area contributed by atoms with Crippen molar-refractivity contribution in [1.82, 2.24) is 16.0 Å². The number of para-hydroxylation sites is 1. The van der Waals surface area contributed by atoms with Gasteiger partial charge in [-0.25, -0.2) is 0 Å². The lowest BCUT2D eigenvalue weighted by atomic mass is 10.0. The molecular formula is C19H27N3O3. The van der Waals surface area contributed by atoms with Crippen LogP contribution in [-0.4, -0.2) is 44.6 Å². The summed E-state index contributed by atoms with van der Waals surface area (Å²) in [6, 6.07) is 6.38. The fourth-order valence-corrected chi connectivity index (χ4v) is 2.73. The molecule has 6 nitrogen and oxygen atoms in total. The molecule has 6 heteroatoms. The van der Waals surface area contributed by atoms with Crippen LogP contribution in [0.15, 0.2) is 35.9 Å². The monoisotopic (exact) mass is 345 g/mol. The second-order valence-electron chi connectivity index (χ2n) is 6.43. The molecule has 1 aromatic carbocycles. The minimum Gasteiger partial charge on any atom is -0.496 e. The largest absolute Gasteiger partial charge is 0.496 e. The molecule has 0 radical (unpaired) electrons. The van der Waals surface area contributed by atoms with Gasteiger partial charge in [0.05, 0.1) is 12.7 Å². The van der Waals surface area contributed by atoms with Crippen LogP contribution in [0, 0.1) is 5.92 Å². The van der Waals surface area contributed by atoms with E-state index in [1.165, 1.54) is 12.7 Å². The van der Waals surface area contributed by atoms with E-state index in [4.69, 9.17) is 4.74 Å². The SMILES string of the molecule is COc1ccccc1C(=O)NC(C(=O)NCC1=CCNCC1)C(C)C. The predicted octanol–water partition coefficient (Wildman–Crippen LogP) is 1.49. The number of ether oxygens (including phenoxy) is 1. The highest BCUT2D eigenvalue weighted by molar-refractivity contribution is 5.99. The molecule has 25 heavy (non-hydrogen) atoms. The second-order valence-corrected chi connectivity index (χ2v) is 6.43. The quantitative estimate of drug-likeness (QED) is 0.654. The third-order valence-corrected chi connectivity index (χ3v) is 4.23. The van der Waals surface area contributed by atoms with Crippen molar-refractivity contribution in [2.75, 3.05) is 26.7 Å². The zero-order valence-electron chi connectivity index (χ0n) is 15.1. The Morgan fingerprint density at radius 2 is 2.04 bits per heavy atom. The molecule has 1 aromatic rings. The molecular weight excluding hydrogens is 318 g/mol. The Kier molecular flexibility index (Phi) is 7.01. The Morgan fingerprint density at radius 3 is 2.68 bits per heavy atom. The third kappa shape index (κ3) is 5.32. The number of methoxy groups -OCH3 is 1. The lowest BCUT2D eigenvalue weighted by molar-refractivity contribution is -0.123. The van der Waals surface area contributed by atoms with E-state index in [2.05, 4.69) is 22.0 Å². The number of hydrogen-bond acceptors (Lipinski definition) is 4. The van der Waals surface area contributed by atoms with Crippen LogP contribution in [0.1, 0.15) is 30.6 Å². The summed E-state index contributed by atoms with van der Waals surface area (Å²) in [5, 5.41) is 9.01. The number of benzene rings is 1. The van der Waals surface area contributed by atoms with Gasteiger partial charge in [-0.1, -0.05) is 37.6 Å². The topological polar surface area (TPSA) is 79.5 Å². The predicted molar refractivity (Wildman–Crippen MR) is 97.7 cm³/mol. The van der Waals surface area contributed by atoms with Gasteiger partial charge < -0.3 is 20.7 Å². The molecule has 2 rings (SSSR count). The number of hydrogen-bond donors (Lipinski definition) is 3. The summed E-state index contributed by atoms with van der Waals surface area (Å²) in [5.74, 6) is -0.0199. The van der Waals surface area contributed by atoms with E-state index in [9.17, 15) is 9.59 Å². The Hall–Kier alpha value is -2.34. The molecule has 0 bridgehead atoms. The standard InChI is InChI=1S/C19H27N3O3/c1-13(2)17(19(24)21-12-14-8-10-20-11-9-14)22-18(23)15-6-4-5-7-16(15)25-3/h4-8,13,17,20H,9-12H2,1-3H3,(H,21,24)(H,22,23). The van der Waals surface area contributed by atoms with Gasteiger partial charge in [0, 0.05) is 13.1 Å². The zero-order chi connectivity index (χ0) is 18.2. The van der Waals surface area contributed by atoms with Gasteiger partial charge in [0.25, 0.3) is 5.91 Å². The smallest absolute Gasteiger partial charge is 0.255 e. The van der Waals surface area contributed by atoms with Crippen molar-refractivity contribution >= 4 is 11.8 Å². The Labute approximate surface area is 149 Å². The first-order chi connectivity index (χ1) is 12.0. The molecule has 0 saturated carbocycles. The molecule has 0 aliphatic carbocycles. The fourth-order valence-electron chi connectivity index (χ4n) is 2.73. The third-order valence-electron chi connectivity index (χ3n) is 4.23. The summed E-state index contributed by atoms with van der Waals surface area (Å²) in [4.78, 5) is 25.1. The molecule has 136 valence electrons. The van der Waals surface area contributed by atoms with Crippen LogP contribution in [0.5, 0.6) is 5.75 Å². The highest BCUT2D eigenvalue weighted by atomic mass is 16.5. The number of amides is 2. The maximum atomic E-state index is 12.6. The molecule has 0 spiro atoms. The first kappa shape index (κ1) is 19.0. The van der Waals surface area contributed by atoms with Gasteiger partial charge in [0.1, 0.15) is 11.8 Å². The molecule has 0 saturated heterocycles. The van der Waals surface area contributed by atoms with Crippen LogP contribution in [0.3, 0.4) is 0 Å². The first-order valence-corrected chi connectivity index (χ1v) is 8.63. The summed E-state index contributed by atoms with van der Waals surface area (Å²) in [6.07, 6.45) is 3.03. The lowest BCUT2D eigenvalue weighted by Crippen LogP contribution is -2.50. The number of rotatable bonds is 7. The van der Waals surface area contributed by atoms with Crippen molar-refractivity contribution in [3.8, 4) is 5.75 Å². The van der Waals surface area contributed by atoms with Crippen molar-refractivity contribution in [2.24, 2.45) is 5.92 Å². The van der Waals surface area contributed by atoms with Gasteiger partial charge in [0.2, 0.25) is 5.91 Å². The van der Waals surface area contributed by atoms with Gasteiger partial charge in [-0.05, 0) is 31.0 Å². The summed E-state index contributed by atoms with van der Waals surface area (Å²) in [5.41, 5.74) is 1.63. The van der Waals surface area contributed by atoms with Gasteiger partial charge in [0.15, 0.2) is 0 Å². The zero-order valence-corrected chi connectivity index (χ0v) is 15.1. The van der Waals surface area contributed by atoms with Crippen LogP contribution in [0.2, 0.25) is 0 Å². The van der Waals surface area contributed by atoms with Crippen LogP contribution < -0.4 is 20.7 Å². The van der Waals surface area contributed by atoms with Gasteiger partial charge in [-0.2, -0.15) is 0 Å². The maximum absolute atomic E-state index is 12.6. The summed E-state index contributed by atoms with van der Waals surface area (Å²) >= 11 is 0. The highest BCUT2D eigenvalue weighted by Gasteiger charge is 2.25. The van der Waals surface area contributed by atoms with Crippen LogP contribution >= 0.6 is 0 Å². The van der Waals surface area contributed by atoms with E-state index in [0.29, 0.717) is 17.9 Å². The number of nitrogens with one attached hydrogen (secondary N) is 3. The van der Waals surface area contributed by atoms with E-state index in [0.717, 1.165) is 19.5 Å². The molecule has 0 aromatic heterocycles. The molecule has 1 atom stereocenters. The van der Waals surface area contributed by atoms with Crippen molar-refractivity contribution in [3.63, 3.8) is 0 Å². The minimum absolute atomic E-state index is 0.0272. The number of carbonyl (C=O) groups excluding carboxylic acids is 2. The molecule has 2 amide bonds. The molecule has 1 heterocycles. The Balaban J connectivity index is 2.00. The second kappa shape index (κ2) is 9.22. The fraction of sp³-hybridized carbons (Fsp3) is 0.474. The van der Waals surface area contributed by atoms with E-state index < -0.39 is 6.04 Å². The molecule has 0 fully saturated rings. The molecule has 1 aliphatic rings.